The summed E-state index contributed by atoms with van der Waals surface area (Å²) in [5.41, 5.74) is 1.03. The van der Waals surface area contributed by atoms with Gasteiger partial charge in [-0.3, -0.25) is 0 Å². The highest BCUT2D eigenvalue weighted by molar-refractivity contribution is 5.15. The average molecular weight is 169 g/mol. The van der Waals surface area contributed by atoms with Crippen LogP contribution in [-0.2, 0) is 11.4 Å². The summed E-state index contributed by atoms with van der Waals surface area (Å²) >= 11 is 0. The molecule has 1 aromatic rings. The van der Waals surface area contributed by atoms with Crippen LogP contribution in [0.3, 0.4) is 0 Å². The van der Waals surface area contributed by atoms with Crippen LogP contribution < -0.4 is 0 Å². The number of hydrogen-bond acceptors (Lipinski definition) is 2. The van der Waals surface area contributed by atoms with Crippen LogP contribution in [0.1, 0.15) is 5.56 Å². The Labute approximate surface area is 71.5 Å². The Bertz CT molecular complexity index is 235. The van der Waals surface area contributed by atoms with Crippen molar-refractivity contribution >= 4 is 0 Å². The number of benzene rings is 1. The molecule has 1 aromatic carbocycles. The molecule has 0 radical (unpaired) electrons. The molecule has 0 amide bonds. The van der Waals surface area contributed by atoms with Gasteiger partial charge in [-0.1, -0.05) is 12.1 Å². The van der Waals surface area contributed by atoms with Crippen molar-refractivity contribution in [3.63, 3.8) is 0 Å². The van der Waals surface area contributed by atoms with Crippen LogP contribution in [-0.4, -0.2) is 19.2 Å². The Morgan fingerprint density at radius 3 is 2.42 bits per heavy atom. The lowest BCUT2D eigenvalue weighted by atomic mass is 10.2. The molecule has 0 unspecified atom stereocenters. The van der Waals surface area contributed by atoms with Gasteiger partial charge >= 0.3 is 0 Å². The van der Waals surface area contributed by atoms with Crippen molar-refractivity contribution in [2.24, 2.45) is 0 Å². The van der Waals surface area contributed by atoms with Crippen molar-refractivity contribution in [3.8, 4) is 0 Å². The molecule has 0 saturated heterocycles. The zero-order chi connectivity index (χ0) is 8.97. The van der Waals surface area contributed by atoms with E-state index in [-0.39, 0.29) is 5.82 Å². The number of nitrogens with zero attached hydrogens (tertiary/aromatic N) is 1. The lowest BCUT2D eigenvalue weighted by Gasteiger charge is -2.12. The summed E-state index contributed by atoms with van der Waals surface area (Å²) in [4.78, 5) is 4.92. The second kappa shape index (κ2) is 4.18. The topological polar surface area (TPSA) is 12.5 Å². The van der Waals surface area contributed by atoms with Crippen molar-refractivity contribution in [2.45, 2.75) is 6.54 Å². The molecule has 0 aromatic heterocycles. The predicted octanol–water partition coefficient (Wildman–Crippen LogP) is 1.82. The molecule has 3 heteroatoms. The summed E-state index contributed by atoms with van der Waals surface area (Å²) in [5.74, 6) is -0.209. The molecule has 0 N–H and O–H groups in total. The quantitative estimate of drug-likeness (QED) is 0.640. The monoisotopic (exact) mass is 169 g/mol. The Kier molecular flexibility index (Phi) is 3.19. The van der Waals surface area contributed by atoms with Gasteiger partial charge in [0.25, 0.3) is 0 Å². The summed E-state index contributed by atoms with van der Waals surface area (Å²) in [6.07, 6.45) is 0. The van der Waals surface area contributed by atoms with Crippen LogP contribution in [0.5, 0.6) is 0 Å². The van der Waals surface area contributed by atoms with E-state index in [9.17, 15) is 4.39 Å². The number of rotatable bonds is 3. The minimum Gasteiger partial charge on any atom is -0.302 e. The molecular weight excluding hydrogens is 157 g/mol. The average Bonchev–Trinajstić information content (AvgIpc) is 2.09. The lowest BCUT2D eigenvalue weighted by molar-refractivity contribution is -0.116. The van der Waals surface area contributed by atoms with Crippen molar-refractivity contribution < 1.29 is 9.23 Å². The third kappa shape index (κ3) is 2.60. The van der Waals surface area contributed by atoms with E-state index in [0.717, 1.165) is 5.56 Å². The van der Waals surface area contributed by atoms with Crippen LogP contribution in [0, 0.1) is 5.82 Å². The summed E-state index contributed by atoms with van der Waals surface area (Å²) in [7, 11) is 3.42. The highest BCUT2D eigenvalue weighted by Gasteiger charge is 1.97. The molecule has 0 aliphatic heterocycles. The standard InChI is InChI=1S/C9H12FNO/c1-11(12-2)7-8-3-5-9(10)6-4-8/h3-6H,7H2,1-2H3. The van der Waals surface area contributed by atoms with Crippen LogP contribution in [0.25, 0.3) is 0 Å². The molecule has 0 atom stereocenters. The van der Waals surface area contributed by atoms with E-state index in [1.54, 1.807) is 24.3 Å². The van der Waals surface area contributed by atoms with Gasteiger partial charge in [0.1, 0.15) is 5.82 Å². The minimum absolute atomic E-state index is 0.209. The van der Waals surface area contributed by atoms with Crippen molar-refractivity contribution in [2.75, 3.05) is 14.2 Å². The Balaban J connectivity index is 2.58. The van der Waals surface area contributed by atoms with E-state index in [1.165, 1.54) is 12.1 Å². The first-order valence-electron chi connectivity index (χ1n) is 3.72. The molecular formula is C9H12FNO. The normalized spacial score (nSPS) is 10.7. The fourth-order valence-electron chi connectivity index (χ4n) is 0.911. The van der Waals surface area contributed by atoms with E-state index in [0.29, 0.717) is 6.54 Å². The second-order valence-corrected chi connectivity index (χ2v) is 2.60. The Morgan fingerprint density at radius 2 is 1.92 bits per heavy atom. The highest BCUT2D eigenvalue weighted by atomic mass is 19.1. The largest absolute Gasteiger partial charge is 0.302 e. The number of hydroxylamine groups is 2. The minimum atomic E-state index is -0.209. The van der Waals surface area contributed by atoms with E-state index in [1.807, 2.05) is 7.05 Å². The maximum Gasteiger partial charge on any atom is 0.123 e. The van der Waals surface area contributed by atoms with Crippen LogP contribution in [0.2, 0.25) is 0 Å². The highest BCUT2D eigenvalue weighted by Crippen LogP contribution is 2.04. The van der Waals surface area contributed by atoms with Gasteiger partial charge in [0, 0.05) is 13.6 Å². The zero-order valence-electron chi connectivity index (χ0n) is 7.25. The second-order valence-electron chi connectivity index (χ2n) is 2.60. The first-order valence-corrected chi connectivity index (χ1v) is 3.72. The zero-order valence-corrected chi connectivity index (χ0v) is 7.25. The van der Waals surface area contributed by atoms with Gasteiger partial charge in [0.05, 0.1) is 7.11 Å². The fraction of sp³-hybridized carbons (Fsp3) is 0.333. The Morgan fingerprint density at radius 1 is 1.33 bits per heavy atom. The summed E-state index contributed by atoms with van der Waals surface area (Å²) in [5, 5.41) is 1.67. The number of halogens is 1. The molecule has 0 aliphatic rings. The van der Waals surface area contributed by atoms with Gasteiger partial charge in [-0.15, -0.1) is 0 Å². The molecule has 0 saturated carbocycles. The summed E-state index contributed by atoms with van der Waals surface area (Å²) < 4.78 is 12.5. The molecule has 66 valence electrons. The van der Waals surface area contributed by atoms with Gasteiger partial charge < -0.3 is 4.84 Å². The molecule has 2 nitrogen and oxygen atoms in total. The van der Waals surface area contributed by atoms with E-state index in [2.05, 4.69) is 0 Å². The fourth-order valence-corrected chi connectivity index (χ4v) is 0.911. The molecule has 0 heterocycles. The summed E-state index contributed by atoms with van der Waals surface area (Å²) in [6, 6.07) is 6.37. The molecule has 0 spiro atoms. The van der Waals surface area contributed by atoms with Crippen LogP contribution >= 0.6 is 0 Å². The molecule has 0 bridgehead atoms. The van der Waals surface area contributed by atoms with E-state index in [4.69, 9.17) is 4.84 Å². The van der Waals surface area contributed by atoms with Crippen molar-refractivity contribution in [1.29, 1.82) is 0 Å². The van der Waals surface area contributed by atoms with E-state index < -0.39 is 0 Å². The van der Waals surface area contributed by atoms with Gasteiger partial charge in [-0.05, 0) is 17.7 Å². The SMILES string of the molecule is CON(C)Cc1ccc(F)cc1. The van der Waals surface area contributed by atoms with E-state index >= 15 is 0 Å². The van der Waals surface area contributed by atoms with Crippen LogP contribution in [0.4, 0.5) is 4.39 Å². The first kappa shape index (κ1) is 9.16. The maximum atomic E-state index is 12.5. The van der Waals surface area contributed by atoms with Crippen molar-refractivity contribution in [3.05, 3.63) is 35.6 Å². The first-order chi connectivity index (χ1) is 5.72. The predicted molar refractivity (Wildman–Crippen MR) is 44.9 cm³/mol. The molecule has 12 heavy (non-hydrogen) atoms. The smallest absolute Gasteiger partial charge is 0.123 e. The molecule has 1 rings (SSSR count). The van der Waals surface area contributed by atoms with Crippen LogP contribution in [0.15, 0.2) is 24.3 Å². The third-order valence-corrected chi connectivity index (χ3v) is 1.63. The Hall–Kier alpha value is -0.930. The lowest BCUT2D eigenvalue weighted by Crippen LogP contribution is -2.15. The van der Waals surface area contributed by atoms with Gasteiger partial charge in [0.15, 0.2) is 0 Å². The molecule has 0 fully saturated rings. The third-order valence-electron chi connectivity index (χ3n) is 1.63. The van der Waals surface area contributed by atoms with Gasteiger partial charge in [-0.25, -0.2) is 4.39 Å². The maximum absolute atomic E-state index is 12.5. The van der Waals surface area contributed by atoms with Gasteiger partial charge in [0.2, 0.25) is 0 Å². The summed E-state index contributed by atoms with van der Waals surface area (Å²) in [6.45, 7) is 0.663. The van der Waals surface area contributed by atoms with Gasteiger partial charge in [-0.2, -0.15) is 5.06 Å². The van der Waals surface area contributed by atoms with Crippen molar-refractivity contribution in [1.82, 2.24) is 5.06 Å². The number of hydrogen-bond donors (Lipinski definition) is 0. The molecule has 0 aliphatic carbocycles.